The highest BCUT2D eigenvalue weighted by Gasteiger charge is 2.14. The number of ketones is 1. The van der Waals surface area contributed by atoms with Crippen molar-refractivity contribution in [1.29, 1.82) is 0 Å². The maximum atomic E-state index is 12.5. The van der Waals surface area contributed by atoms with Crippen molar-refractivity contribution in [3.8, 4) is 5.75 Å². The minimum atomic E-state index is -0.0502. The van der Waals surface area contributed by atoms with Crippen LogP contribution in [-0.2, 0) is 0 Å². The maximum Gasteiger partial charge on any atom is 0.211 e. The number of hydrogen-bond acceptors (Lipinski definition) is 3. The number of carbonyl (C=O) groups excluding carboxylic acids is 1. The first-order valence-corrected chi connectivity index (χ1v) is 6.31. The fraction of sp³-hybridized carbons (Fsp3) is 0.125. The van der Waals surface area contributed by atoms with Gasteiger partial charge in [-0.1, -0.05) is 6.07 Å². The quantitative estimate of drug-likeness (QED) is 0.685. The van der Waals surface area contributed by atoms with Crippen molar-refractivity contribution in [1.82, 2.24) is 9.38 Å². The van der Waals surface area contributed by atoms with Crippen molar-refractivity contribution in [3.63, 3.8) is 0 Å². The molecule has 0 N–H and O–H groups in total. The Morgan fingerprint density at radius 3 is 2.60 bits per heavy atom. The number of hydrogen-bond donors (Lipinski definition) is 0. The number of methoxy groups -OCH3 is 1. The van der Waals surface area contributed by atoms with Crippen molar-refractivity contribution in [2.24, 2.45) is 0 Å². The van der Waals surface area contributed by atoms with Crippen LogP contribution in [0, 0.1) is 6.92 Å². The van der Waals surface area contributed by atoms with Crippen LogP contribution in [0.25, 0.3) is 5.65 Å². The molecule has 3 rings (SSSR count). The molecule has 0 fully saturated rings. The van der Waals surface area contributed by atoms with E-state index in [4.69, 9.17) is 4.74 Å². The first kappa shape index (κ1) is 12.4. The Hall–Kier alpha value is -2.62. The minimum Gasteiger partial charge on any atom is -0.497 e. The average Bonchev–Trinajstić information content (AvgIpc) is 2.89. The van der Waals surface area contributed by atoms with Crippen LogP contribution in [0.3, 0.4) is 0 Å². The summed E-state index contributed by atoms with van der Waals surface area (Å²) < 4.78 is 6.92. The molecule has 0 radical (unpaired) electrons. The Bertz CT molecular complexity index is 773. The Morgan fingerprint density at radius 1 is 1.15 bits per heavy atom. The lowest BCUT2D eigenvalue weighted by Crippen LogP contribution is -2.05. The summed E-state index contributed by atoms with van der Waals surface area (Å²) in [6.45, 7) is 1.99. The zero-order valence-electron chi connectivity index (χ0n) is 11.3. The smallest absolute Gasteiger partial charge is 0.211 e. The monoisotopic (exact) mass is 266 g/mol. The summed E-state index contributed by atoms with van der Waals surface area (Å²) >= 11 is 0. The van der Waals surface area contributed by atoms with E-state index in [1.807, 2.05) is 29.7 Å². The highest BCUT2D eigenvalue weighted by molar-refractivity contribution is 6.08. The number of fused-ring (bicyclic) bond motifs is 1. The molecule has 3 aromatic rings. The molecule has 0 aliphatic carbocycles. The predicted molar refractivity (Wildman–Crippen MR) is 76.4 cm³/mol. The lowest BCUT2D eigenvalue weighted by Gasteiger charge is -2.04. The van der Waals surface area contributed by atoms with E-state index in [2.05, 4.69) is 4.98 Å². The van der Waals surface area contributed by atoms with Crippen molar-refractivity contribution < 1.29 is 9.53 Å². The molecule has 0 aliphatic heterocycles. The van der Waals surface area contributed by atoms with E-state index in [1.165, 1.54) is 0 Å². The molecule has 4 nitrogen and oxygen atoms in total. The first-order valence-electron chi connectivity index (χ1n) is 6.31. The molecule has 0 atom stereocenters. The topological polar surface area (TPSA) is 43.6 Å². The second-order valence-corrected chi connectivity index (χ2v) is 4.64. The molecular weight excluding hydrogens is 252 g/mol. The van der Waals surface area contributed by atoms with Crippen molar-refractivity contribution in [3.05, 3.63) is 65.6 Å². The van der Waals surface area contributed by atoms with E-state index in [-0.39, 0.29) is 5.78 Å². The molecule has 0 aliphatic rings. The van der Waals surface area contributed by atoms with Gasteiger partial charge in [-0.05, 0) is 42.8 Å². The second-order valence-electron chi connectivity index (χ2n) is 4.64. The van der Waals surface area contributed by atoms with Gasteiger partial charge in [-0.25, -0.2) is 4.98 Å². The summed E-state index contributed by atoms with van der Waals surface area (Å²) in [5, 5.41) is 0. The third-order valence-corrected chi connectivity index (χ3v) is 3.24. The van der Waals surface area contributed by atoms with Crippen molar-refractivity contribution in [2.75, 3.05) is 7.11 Å². The molecule has 1 aromatic carbocycles. The third-order valence-electron chi connectivity index (χ3n) is 3.24. The average molecular weight is 266 g/mol. The molecule has 2 aromatic heterocycles. The Kier molecular flexibility index (Phi) is 2.99. The first-order chi connectivity index (χ1) is 9.69. The van der Waals surface area contributed by atoms with Crippen molar-refractivity contribution >= 4 is 11.4 Å². The molecular formula is C16H14N2O2. The van der Waals surface area contributed by atoms with Crippen LogP contribution in [0.4, 0.5) is 0 Å². The summed E-state index contributed by atoms with van der Waals surface area (Å²) in [6.07, 6.45) is 3.53. The Balaban J connectivity index is 2.05. The highest BCUT2D eigenvalue weighted by Crippen LogP contribution is 2.16. The van der Waals surface area contributed by atoms with Gasteiger partial charge < -0.3 is 4.74 Å². The van der Waals surface area contributed by atoms with Gasteiger partial charge in [-0.3, -0.25) is 9.20 Å². The SMILES string of the molecule is COc1ccc(C(=O)c2cnc3ccc(C)cn23)cc1. The van der Waals surface area contributed by atoms with E-state index >= 15 is 0 Å². The van der Waals surface area contributed by atoms with Crippen molar-refractivity contribution in [2.45, 2.75) is 6.92 Å². The molecule has 0 amide bonds. The van der Waals surface area contributed by atoms with Gasteiger partial charge in [0, 0.05) is 11.8 Å². The van der Waals surface area contributed by atoms with Gasteiger partial charge in [0.2, 0.25) is 5.78 Å². The van der Waals surface area contributed by atoms with Gasteiger partial charge in [0.1, 0.15) is 17.1 Å². The number of pyridine rings is 1. The van der Waals surface area contributed by atoms with E-state index in [9.17, 15) is 4.79 Å². The summed E-state index contributed by atoms with van der Waals surface area (Å²) in [6, 6.07) is 11.0. The number of aromatic nitrogens is 2. The number of aryl methyl sites for hydroxylation is 1. The zero-order chi connectivity index (χ0) is 14.1. The van der Waals surface area contributed by atoms with E-state index in [0.717, 1.165) is 17.0 Å². The second kappa shape index (κ2) is 4.81. The van der Waals surface area contributed by atoms with Gasteiger partial charge in [0.15, 0.2) is 0 Å². The Labute approximate surface area is 116 Å². The lowest BCUT2D eigenvalue weighted by atomic mass is 10.1. The summed E-state index contributed by atoms with van der Waals surface area (Å²) in [5.41, 5.74) is 3.04. The lowest BCUT2D eigenvalue weighted by molar-refractivity contribution is 0.103. The zero-order valence-corrected chi connectivity index (χ0v) is 11.3. The van der Waals surface area contributed by atoms with Gasteiger partial charge in [-0.2, -0.15) is 0 Å². The van der Waals surface area contributed by atoms with Crippen LogP contribution in [0.1, 0.15) is 21.6 Å². The largest absolute Gasteiger partial charge is 0.497 e. The van der Waals surface area contributed by atoms with Crippen LogP contribution < -0.4 is 4.74 Å². The maximum absolute atomic E-state index is 12.5. The highest BCUT2D eigenvalue weighted by atomic mass is 16.5. The fourth-order valence-electron chi connectivity index (χ4n) is 2.15. The van der Waals surface area contributed by atoms with Crippen LogP contribution in [-0.4, -0.2) is 22.3 Å². The Morgan fingerprint density at radius 2 is 1.90 bits per heavy atom. The number of imidazole rings is 1. The normalized spacial score (nSPS) is 10.7. The van der Waals surface area contributed by atoms with Crippen LogP contribution in [0.5, 0.6) is 5.75 Å². The van der Waals surface area contributed by atoms with Gasteiger partial charge in [0.25, 0.3) is 0 Å². The molecule has 2 heterocycles. The number of ether oxygens (including phenoxy) is 1. The standard InChI is InChI=1S/C16H14N2O2/c1-11-3-8-15-17-9-14(18(15)10-11)16(19)12-4-6-13(20-2)7-5-12/h3-10H,1-2H3. The molecule has 0 bridgehead atoms. The van der Waals surface area contributed by atoms with Gasteiger partial charge in [-0.15, -0.1) is 0 Å². The summed E-state index contributed by atoms with van der Waals surface area (Å²) in [4.78, 5) is 16.8. The fourth-order valence-corrected chi connectivity index (χ4v) is 2.15. The number of benzene rings is 1. The molecule has 20 heavy (non-hydrogen) atoms. The third kappa shape index (κ3) is 2.05. The van der Waals surface area contributed by atoms with Gasteiger partial charge >= 0.3 is 0 Å². The molecule has 0 saturated carbocycles. The van der Waals surface area contributed by atoms with Crippen LogP contribution in [0.2, 0.25) is 0 Å². The number of rotatable bonds is 3. The van der Waals surface area contributed by atoms with Gasteiger partial charge in [0.05, 0.1) is 13.3 Å². The molecule has 0 spiro atoms. The molecule has 100 valence electrons. The molecule has 4 heteroatoms. The minimum absolute atomic E-state index is 0.0502. The number of carbonyl (C=O) groups is 1. The van der Waals surface area contributed by atoms with E-state index in [1.54, 1.807) is 37.6 Å². The summed E-state index contributed by atoms with van der Waals surface area (Å²) in [7, 11) is 1.60. The van der Waals surface area contributed by atoms with E-state index in [0.29, 0.717) is 11.3 Å². The predicted octanol–water partition coefficient (Wildman–Crippen LogP) is 2.88. The number of nitrogens with zero attached hydrogens (tertiary/aromatic N) is 2. The van der Waals surface area contributed by atoms with Crippen LogP contribution >= 0.6 is 0 Å². The summed E-state index contributed by atoms with van der Waals surface area (Å²) in [5.74, 6) is 0.682. The molecule has 0 saturated heterocycles. The van der Waals surface area contributed by atoms with E-state index < -0.39 is 0 Å². The molecule has 0 unspecified atom stereocenters. The van der Waals surface area contributed by atoms with Crippen LogP contribution in [0.15, 0.2) is 48.8 Å².